The van der Waals surface area contributed by atoms with E-state index >= 15 is 0 Å². The normalized spacial score (nSPS) is 22.9. The summed E-state index contributed by atoms with van der Waals surface area (Å²) >= 11 is 1.51. The third-order valence-corrected chi connectivity index (χ3v) is 4.83. The molecule has 2 aromatic rings. The Morgan fingerprint density at radius 3 is 2.75 bits per heavy atom. The van der Waals surface area contributed by atoms with E-state index in [1.165, 1.54) is 11.3 Å². The average molecular weight is 291 g/mol. The molecule has 1 aliphatic carbocycles. The number of carbonyl (C=O) groups is 1. The van der Waals surface area contributed by atoms with Crippen molar-refractivity contribution in [2.24, 2.45) is 5.92 Å². The van der Waals surface area contributed by atoms with Crippen molar-refractivity contribution in [2.75, 3.05) is 0 Å². The maximum Gasteiger partial charge on any atom is 0.358 e. The number of thiophene rings is 1. The summed E-state index contributed by atoms with van der Waals surface area (Å²) in [5.74, 6) is 0.918. The van der Waals surface area contributed by atoms with E-state index in [1.54, 1.807) is 0 Å². The zero-order valence-electron chi connectivity index (χ0n) is 11.3. The Hall–Kier alpha value is -1.62. The summed E-state index contributed by atoms with van der Waals surface area (Å²) < 4.78 is 5.81. The number of hydrogen-bond donors (Lipinski definition) is 1. The molecule has 2 heterocycles. The molecule has 5 heteroatoms. The van der Waals surface area contributed by atoms with Crippen LogP contribution in [0.4, 0.5) is 0 Å². The van der Waals surface area contributed by atoms with Crippen molar-refractivity contribution in [1.82, 2.24) is 4.98 Å². The van der Waals surface area contributed by atoms with Crippen LogP contribution in [0.15, 0.2) is 21.9 Å². The second kappa shape index (κ2) is 5.40. The molecule has 0 aromatic carbocycles. The zero-order chi connectivity index (χ0) is 14.1. The Labute approximate surface area is 121 Å². The summed E-state index contributed by atoms with van der Waals surface area (Å²) in [7, 11) is 0. The molecule has 20 heavy (non-hydrogen) atoms. The van der Waals surface area contributed by atoms with E-state index in [0.717, 1.165) is 36.5 Å². The number of nitrogens with zero attached hydrogens (tertiary/aromatic N) is 1. The standard InChI is InChI=1S/C15H17NO3S/c1-9-4-6-10(7-5-9)13-12(15(17)18)16-14(19-13)11-3-2-8-20-11/h2-3,8-10H,4-7H2,1H3,(H,17,18). The Balaban J connectivity index is 1.95. The van der Waals surface area contributed by atoms with Crippen LogP contribution in [-0.4, -0.2) is 16.1 Å². The van der Waals surface area contributed by atoms with Gasteiger partial charge in [-0.1, -0.05) is 25.8 Å². The van der Waals surface area contributed by atoms with Crippen LogP contribution in [-0.2, 0) is 0 Å². The minimum absolute atomic E-state index is 0.0907. The quantitative estimate of drug-likeness (QED) is 0.910. The fourth-order valence-corrected chi connectivity index (χ4v) is 3.44. The molecule has 0 radical (unpaired) electrons. The highest BCUT2D eigenvalue weighted by Gasteiger charge is 2.29. The molecule has 0 unspecified atom stereocenters. The van der Waals surface area contributed by atoms with Gasteiger partial charge >= 0.3 is 5.97 Å². The molecule has 1 aliphatic rings. The van der Waals surface area contributed by atoms with Crippen molar-refractivity contribution in [1.29, 1.82) is 0 Å². The summed E-state index contributed by atoms with van der Waals surface area (Å²) in [6.07, 6.45) is 4.22. The molecule has 0 bridgehead atoms. The van der Waals surface area contributed by atoms with Gasteiger partial charge in [-0.3, -0.25) is 0 Å². The van der Waals surface area contributed by atoms with Gasteiger partial charge in [0.15, 0.2) is 5.69 Å². The fourth-order valence-electron chi connectivity index (χ4n) is 2.79. The highest BCUT2D eigenvalue weighted by Crippen LogP contribution is 2.39. The minimum atomic E-state index is -0.995. The number of oxazole rings is 1. The van der Waals surface area contributed by atoms with Gasteiger partial charge in [0.05, 0.1) is 4.88 Å². The summed E-state index contributed by atoms with van der Waals surface area (Å²) in [6, 6.07) is 3.81. The van der Waals surface area contributed by atoms with Gasteiger partial charge < -0.3 is 9.52 Å². The number of carboxylic acid groups (broad SMARTS) is 1. The largest absolute Gasteiger partial charge is 0.476 e. The molecule has 0 saturated heterocycles. The summed E-state index contributed by atoms with van der Waals surface area (Å²) in [4.78, 5) is 16.5. The summed E-state index contributed by atoms with van der Waals surface area (Å²) in [5, 5.41) is 11.3. The van der Waals surface area contributed by atoms with Crippen molar-refractivity contribution in [3.05, 3.63) is 29.0 Å². The van der Waals surface area contributed by atoms with Gasteiger partial charge in [0.25, 0.3) is 0 Å². The Morgan fingerprint density at radius 1 is 1.40 bits per heavy atom. The minimum Gasteiger partial charge on any atom is -0.476 e. The van der Waals surface area contributed by atoms with E-state index in [4.69, 9.17) is 4.42 Å². The highest BCUT2D eigenvalue weighted by molar-refractivity contribution is 7.13. The molecule has 106 valence electrons. The summed E-state index contributed by atoms with van der Waals surface area (Å²) in [5.41, 5.74) is 0.0907. The number of rotatable bonds is 3. The molecule has 3 rings (SSSR count). The lowest BCUT2D eigenvalue weighted by Gasteiger charge is -2.24. The van der Waals surface area contributed by atoms with Crippen LogP contribution in [0.25, 0.3) is 10.8 Å². The number of aromatic nitrogens is 1. The van der Waals surface area contributed by atoms with Crippen molar-refractivity contribution in [3.63, 3.8) is 0 Å². The predicted molar refractivity (Wildman–Crippen MR) is 77.1 cm³/mol. The fraction of sp³-hybridized carbons (Fsp3) is 0.467. The second-order valence-corrected chi connectivity index (χ2v) is 6.42. The van der Waals surface area contributed by atoms with E-state index < -0.39 is 5.97 Å². The van der Waals surface area contributed by atoms with Crippen LogP contribution in [0.3, 0.4) is 0 Å². The van der Waals surface area contributed by atoms with Crippen LogP contribution >= 0.6 is 11.3 Å². The molecule has 0 aliphatic heterocycles. The first kappa shape index (κ1) is 13.4. The van der Waals surface area contributed by atoms with Crippen molar-refractivity contribution < 1.29 is 14.3 Å². The van der Waals surface area contributed by atoms with E-state index in [-0.39, 0.29) is 11.6 Å². The third kappa shape index (κ3) is 2.50. The number of hydrogen-bond acceptors (Lipinski definition) is 4. The van der Waals surface area contributed by atoms with Gasteiger partial charge in [0.2, 0.25) is 5.89 Å². The Morgan fingerprint density at radius 2 is 2.15 bits per heavy atom. The maximum atomic E-state index is 11.4. The first-order valence-corrected chi connectivity index (χ1v) is 7.81. The lowest BCUT2D eigenvalue weighted by atomic mass is 9.81. The van der Waals surface area contributed by atoms with Gasteiger partial charge in [-0.05, 0) is 30.2 Å². The average Bonchev–Trinajstić information content (AvgIpc) is 3.08. The lowest BCUT2D eigenvalue weighted by molar-refractivity contribution is 0.0687. The van der Waals surface area contributed by atoms with E-state index in [2.05, 4.69) is 11.9 Å². The topological polar surface area (TPSA) is 63.3 Å². The molecular weight excluding hydrogens is 274 g/mol. The molecule has 4 nitrogen and oxygen atoms in total. The lowest BCUT2D eigenvalue weighted by Crippen LogP contribution is -2.13. The molecule has 1 fully saturated rings. The number of carboxylic acids is 1. The molecule has 1 saturated carbocycles. The molecule has 0 spiro atoms. The summed E-state index contributed by atoms with van der Waals surface area (Å²) in [6.45, 7) is 2.24. The Kier molecular flexibility index (Phi) is 3.61. The van der Waals surface area contributed by atoms with Crippen molar-refractivity contribution >= 4 is 17.3 Å². The predicted octanol–water partition coefficient (Wildman–Crippen LogP) is 4.40. The number of aromatic carboxylic acids is 1. The van der Waals surface area contributed by atoms with Crippen LogP contribution in [0.2, 0.25) is 0 Å². The van der Waals surface area contributed by atoms with Crippen LogP contribution in [0.1, 0.15) is 54.8 Å². The van der Waals surface area contributed by atoms with Crippen LogP contribution in [0, 0.1) is 5.92 Å². The van der Waals surface area contributed by atoms with Crippen LogP contribution < -0.4 is 0 Å². The SMILES string of the molecule is CC1CCC(c2oc(-c3cccs3)nc2C(=O)O)CC1. The Bertz CT molecular complexity index is 595. The molecule has 0 amide bonds. The van der Waals surface area contributed by atoms with Crippen molar-refractivity contribution in [2.45, 2.75) is 38.5 Å². The van der Waals surface area contributed by atoms with Gasteiger partial charge in [-0.15, -0.1) is 11.3 Å². The van der Waals surface area contributed by atoms with Crippen LogP contribution in [0.5, 0.6) is 0 Å². The van der Waals surface area contributed by atoms with E-state index in [1.807, 2.05) is 17.5 Å². The van der Waals surface area contributed by atoms with Gasteiger partial charge in [0, 0.05) is 5.92 Å². The molecule has 2 aromatic heterocycles. The third-order valence-electron chi connectivity index (χ3n) is 3.97. The molecule has 1 N–H and O–H groups in total. The first-order valence-electron chi connectivity index (χ1n) is 6.93. The maximum absolute atomic E-state index is 11.4. The molecular formula is C15H17NO3S. The van der Waals surface area contributed by atoms with Gasteiger partial charge in [-0.2, -0.15) is 0 Å². The zero-order valence-corrected chi connectivity index (χ0v) is 12.2. The highest BCUT2D eigenvalue weighted by atomic mass is 32.1. The molecule has 0 atom stereocenters. The second-order valence-electron chi connectivity index (χ2n) is 5.47. The van der Waals surface area contributed by atoms with Gasteiger partial charge in [0.1, 0.15) is 5.76 Å². The van der Waals surface area contributed by atoms with Crippen molar-refractivity contribution in [3.8, 4) is 10.8 Å². The first-order chi connectivity index (χ1) is 9.65. The smallest absolute Gasteiger partial charge is 0.358 e. The van der Waals surface area contributed by atoms with E-state index in [9.17, 15) is 9.90 Å². The van der Waals surface area contributed by atoms with E-state index in [0.29, 0.717) is 11.7 Å². The monoisotopic (exact) mass is 291 g/mol. The van der Waals surface area contributed by atoms with Gasteiger partial charge in [-0.25, -0.2) is 9.78 Å².